The molecule has 6 heteroatoms. The summed E-state index contributed by atoms with van der Waals surface area (Å²) in [6.45, 7) is 0. The quantitative estimate of drug-likeness (QED) is 0.859. The van der Waals surface area contributed by atoms with Crippen molar-refractivity contribution in [2.45, 2.75) is 17.7 Å². The molecule has 0 fully saturated rings. The second-order valence-corrected chi connectivity index (χ2v) is 5.68. The van der Waals surface area contributed by atoms with E-state index in [0.717, 1.165) is 11.3 Å². The van der Waals surface area contributed by atoms with E-state index in [0.29, 0.717) is 23.5 Å². The summed E-state index contributed by atoms with van der Waals surface area (Å²) < 4.78 is 16.9. The minimum absolute atomic E-state index is 0.0676. The Morgan fingerprint density at radius 1 is 1.40 bits per heavy atom. The molecule has 1 aliphatic heterocycles. The molecule has 1 heterocycles. The van der Waals surface area contributed by atoms with Gasteiger partial charge in [-0.05, 0) is 35.5 Å². The molecule has 1 N–H and O–H groups in total. The minimum atomic E-state index is -1.11. The van der Waals surface area contributed by atoms with Crippen molar-refractivity contribution in [3.05, 3.63) is 29.8 Å². The Morgan fingerprint density at radius 3 is 2.80 bits per heavy atom. The van der Waals surface area contributed by atoms with E-state index in [4.69, 9.17) is 4.74 Å². The Bertz CT molecular complexity index is 568. The number of allylic oxidation sites excluding steroid dienone is 1. The summed E-state index contributed by atoms with van der Waals surface area (Å²) in [5.74, 6) is 0.608. The van der Waals surface area contributed by atoms with Gasteiger partial charge < -0.3 is 9.29 Å². The molecule has 0 aromatic heterocycles. The van der Waals surface area contributed by atoms with Crippen LogP contribution in [-0.2, 0) is 16.0 Å². The Hall–Kier alpha value is -1.79. The van der Waals surface area contributed by atoms with Crippen molar-refractivity contribution in [1.29, 1.82) is 0 Å². The molecule has 20 heavy (non-hydrogen) atoms. The zero-order valence-corrected chi connectivity index (χ0v) is 12.2. The topological polar surface area (TPSA) is 73.8 Å². The zero-order chi connectivity index (χ0) is 14.5. The van der Waals surface area contributed by atoms with E-state index < -0.39 is 11.2 Å². The lowest BCUT2D eigenvalue weighted by atomic mass is 10.1. The number of amides is 1. The van der Waals surface area contributed by atoms with Gasteiger partial charge in [0.25, 0.3) is 0 Å². The fourth-order valence-corrected chi connectivity index (χ4v) is 2.57. The van der Waals surface area contributed by atoms with Crippen molar-refractivity contribution >= 4 is 28.9 Å². The Balaban J connectivity index is 2.22. The zero-order valence-electron chi connectivity index (χ0n) is 11.4. The van der Waals surface area contributed by atoms with Crippen molar-refractivity contribution in [3.63, 3.8) is 0 Å². The normalized spacial score (nSPS) is 16.8. The van der Waals surface area contributed by atoms with Crippen molar-refractivity contribution in [2.75, 3.05) is 13.4 Å². The lowest BCUT2D eigenvalue weighted by Gasteiger charge is -2.10. The highest BCUT2D eigenvalue weighted by molar-refractivity contribution is 7.90. The molecule has 0 radical (unpaired) electrons. The Morgan fingerprint density at radius 2 is 2.20 bits per heavy atom. The van der Waals surface area contributed by atoms with E-state index in [9.17, 15) is 9.35 Å². The number of hydrogen-bond acceptors (Lipinski definition) is 4. The van der Waals surface area contributed by atoms with Gasteiger partial charge in [-0.3, -0.25) is 4.79 Å². The standard InChI is InChI=1S/C14H16N2O3S/c1-19-12-7-4-10(13(9-12)20(2)18)3-5-11-6-8-14(17)16-15-11/h3-5,7,9H,6,8H2,1-2H3,(H,16,17). The van der Waals surface area contributed by atoms with E-state index in [1.165, 1.54) is 0 Å². The second kappa shape index (κ2) is 6.58. The number of benzene rings is 1. The number of nitrogens with one attached hydrogen (secondary N) is 1. The van der Waals surface area contributed by atoms with Gasteiger partial charge in [-0.15, -0.1) is 0 Å². The lowest BCUT2D eigenvalue weighted by molar-refractivity contribution is -0.121. The fourth-order valence-electron chi connectivity index (χ4n) is 1.82. The first-order chi connectivity index (χ1) is 9.60. The molecule has 106 valence electrons. The van der Waals surface area contributed by atoms with Crippen LogP contribution in [0.3, 0.4) is 0 Å². The second-order valence-electron chi connectivity index (χ2n) is 4.33. The van der Waals surface area contributed by atoms with Gasteiger partial charge in [0, 0.05) is 24.5 Å². The van der Waals surface area contributed by atoms with Crippen LogP contribution in [0.4, 0.5) is 0 Å². The van der Waals surface area contributed by atoms with Gasteiger partial charge in [-0.2, -0.15) is 5.10 Å². The van der Waals surface area contributed by atoms with Crippen LogP contribution in [0.2, 0.25) is 0 Å². The van der Waals surface area contributed by atoms with Gasteiger partial charge in [0.15, 0.2) is 4.90 Å². The third kappa shape index (κ3) is 3.61. The summed E-state index contributed by atoms with van der Waals surface area (Å²) in [6.07, 6.45) is 6.37. The van der Waals surface area contributed by atoms with E-state index in [-0.39, 0.29) is 5.91 Å². The van der Waals surface area contributed by atoms with E-state index in [2.05, 4.69) is 10.5 Å². The highest BCUT2D eigenvalue weighted by Gasteiger charge is 2.13. The average molecular weight is 292 g/mol. The molecule has 1 aromatic rings. The van der Waals surface area contributed by atoms with Gasteiger partial charge >= 0.3 is 0 Å². The minimum Gasteiger partial charge on any atom is -0.612 e. The third-order valence-electron chi connectivity index (χ3n) is 2.92. The summed E-state index contributed by atoms with van der Waals surface area (Å²) in [5, 5.41) is 3.96. The maximum Gasteiger partial charge on any atom is 0.240 e. The van der Waals surface area contributed by atoms with Crippen LogP contribution < -0.4 is 10.2 Å². The third-order valence-corrected chi connectivity index (χ3v) is 3.89. The number of nitrogens with zero attached hydrogens (tertiary/aromatic N) is 1. The summed E-state index contributed by atoms with van der Waals surface area (Å²) >= 11 is -1.11. The summed E-state index contributed by atoms with van der Waals surface area (Å²) in [7, 11) is 1.58. The van der Waals surface area contributed by atoms with Crippen LogP contribution >= 0.6 is 0 Å². The van der Waals surface area contributed by atoms with Crippen molar-refractivity contribution in [3.8, 4) is 5.75 Å². The SMILES string of the molecule is COc1ccc(C=CC2=NNC(=O)CC2)c([S+](C)[O-])c1. The van der Waals surface area contributed by atoms with Crippen LogP contribution in [0.25, 0.3) is 6.08 Å². The number of carbonyl (C=O) groups excluding carboxylic acids is 1. The predicted octanol–water partition coefficient (Wildman–Crippen LogP) is 1.71. The van der Waals surface area contributed by atoms with Crippen LogP contribution in [0.1, 0.15) is 18.4 Å². The molecule has 5 nitrogen and oxygen atoms in total. The molecule has 2 rings (SSSR count). The number of hydrazone groups is 1. The fraction of sp³-hybridized carbons (Fsp3) is 0.286. The first-order valence-corrected chi connectivity index (χ1v) is 7.71. The number of hydrogen-bond donors (Lipinski definition) is 1. The number of rotatable bonds is 4. The Kier molecular flexibility index (Phi) is 4.81. The highest BCUT2D eigenvalue weighted by Crippen LogP contribution is 2.23. The largest absolute Gasteiger partial charge is 0.612 e. The van der Waals surface area contributed by atoms with Crippen molar-refractivity contribution < 1.29 is 14.1 Å². The first kappa shape index (κ1) is 14.6. The summed E-state index contributed by atoms with van der Waals surface area (Å²) in [6, 6.07) is 5.44. The molecular formula is C14H16N2O3S. The maximum absolute atomic E-state index is 11.8. The molecule has 1 unspecified atom stereocenters. The number of ether oxygens (including phenoxy) is 1. The van der Waals surface area contributed by atoms with Gasteiger partial charge in [0.2, 0.25) is 5.91 Å². The molecule has 1 aliphatic rings. The summed E-state index contributed by atoms with van der Waals surface area (Å²) in [4.78, 5) is 11.7. The van der Waals surface area contributed by atoms with Gasteiger partial charge in [-0.1, -0.05) is 0 Å². The molecule has 1 atom stereocenters. The lowest BCUT2D eigenvalue weighted by Crippen LogP contribution is -2.24. The predicted molar refractivity (Wildman–Crippen MR) is 79.2 cm³/mol. The first-order valence-electron chi connectivity index (χ1n) is 6.15. The van der Waals surface area contributed by atoms with Gasteiger partial charge in [0.1, 0.15) is 12.0 Å². The number of methoxy groups -OCH3 is 1. The molecule has 0 saturated carbocycles. The molecule has 0 bridgehead atoms. The van der Waals surface area contributed by atoms with Crippen LogP contribution in [0.5, 0.6) is 5.75 Å². The molecule has 1 aromatic carbocycles. The molecule has 0 saturated heterocycles. The average Bonchev–Trinajstić information content (AvgIpc) is 2.46. The summed E-state index contributed by atoms with van der Waals surface area (Å²) in [5.41, 5.74) is 4.09. The molecular weight excluding hydrogens is 276 g/mol. The van der Waals surface area contributed by atoms with Crippen LogP contribution in [0, 0.1) is 0 Å². The molecule has 0 aliphatic carbocycles. The molecule has 0 spiro atoms. The Labute approximate surface area is 120 Å². The maximum atomic E-state index is 11.8. The van der Waals surface area contributed by atoms with Crippen LogP contribution in [0.15, 0.2) is 34.3 Å². The van der Waals surface area contributed by atoms with Crippen molar-refractivity contribution in [1.82, 2.24) is 5.43 Å². The van der Waals surface area contributed by atoms with Gasteiger partial charge in [0.05, 0.1) is 12.8 Å². The molecule has 1 amide bonds. The van der Waals surface area contributed by atoms with E-state index in [1.54, 1.807) is 19.4 Å². The van der Waals surface area contributed by atoms with Crippen LogP contribution in [-0.4, -0.2) is 29.5 Å². The highest BCUT2D eigenvalue weighted by atomic mass is 32.2. The number of carbonyl (C=O) groups is 1. The smallest absolute Gasteiger partial charge is 0.240 e. The van der Waals surface area contributed by atoms with E-state index in [1.807, 2.05) is 24.3 Å². The monoisotopic (exact) mass is 292 g/mol. The van der Waals surface area contributed by atoms with Gasteiger partial charge in [-0.25, -0.2) is 5.43 Å². The van der Waals surface area contributed by atoms with E-state index >= 15 is 0 Å². The van der Waals surface area contributed by atoms with Crippen molar-refractivity contribution in [2.24, 2.45) is 5.10 Å².